The van der Waals surface area contributed by atoms with Crippen molar-refractivity contribution in [2.75, 3.05) is 6.61 Å². The zero-order chi connectivity index (χ0) is 18.9. The Bertz CT molecular complexity index is 655. The first-order valence-electron chi connectivity index (χ1n) is 8.76. The second kappa shape index (κ2) is 9.75. The van der Waals surface area contributed by atoms with E-state index in [9.17, 15) is 14.4 Å². The summed E-state index contributed by atoms with van der Waals surface area (Å²) in [5, 5.41) is 0. The number of esters is 3. The Morgan fingerprint density at radius 2 is 1.69 bits per heavy atom. The highest BCUT2D eigenvalue weighted by Gasteiger charge is 2.21. The van der Waals surface area contributed by atoms with E-state index in [4.69, 9.17) is 14.2 Å². The summed E-state index contributed by atoms with van der Waals surface area (Å²) in [5.41, 5.74) is 0.988. The number of hydrogen-bond donors (Lipinski definition) is 0. The molecular weight excluding hydrogens is 336 g/mol. The molecule has 1 aliphatic rings. The van der Waals surface area contributed by atoms with Crippen LogP contribution >= 0.6 is 0 Å². The van der Waals surface area contributed by atoms with Crippen molar-refractivity contribution in [2.45, 2.75) is 51.6 Å². The van der Waals surface area contributed by atoms with Gasteiger partial charge in [-0.25, -0.2) is 9.59 Å². The van der Waals surface area contributed by atoms with E-state index in [-0.39, 0.29) is 18.1 Å². The first-order valence-corrected chi connectivity index (χ1v) is 8.76. The van der Waals surface area contributed by atoms with Crippen LogP contribution in [0.15, 0.2) is 36.4 Å². The van der Waals surface area contributed by atoms with E-state index in [1.165, 1.54) is 0 Å². The molecule has 26 heavy (non-hydrogen) atoms. The maximum Gasteiger partial charge on any atom is 0.349 e. The Balaban J connectivity index is 1.68. The van der Waals surface area contributed by atoms with Crippen molar-refractivity contribution in [1.29, 1.82) is 0 Å². The van der Waals surface area contributed by atoms with E-state index in [0.717, 1.165) is 37.7 Å². The van der Waals surface area contributed by atoms with Crippen LogP contribution in [0.2, 0.25) is 0 Å². The molecule has 0 atom stereocenters. The van der Waals surface area contributed by atoms with Crippen LogP contribution in [-0.4, -0.2) is 30.6 Å². The van der Waals surface area contributed by atoms with Crippen LogP contribution in [-0.2, 0) is 23.9 Å². The van der Waals surface area contributed by atoms with Crippen molar-refractivity contribution < 1.29 is 28.6 Å². The predicted molar refractivity (Wildman–Crippen MR) is 94.5 cm³/mol. The van der Waals surface area contributed by atoms with Gasteiger partial charge in [-0.1, -0.05) is 30.7 Å². The number of ether oxygens (including phenoxy) is 3. The highest BCUT2D eigenvalue weighted by molar-refractivity contribution is 5.94. The third-order valence-corrected chi connectivity index (χ3v) is 4.07. The highest BCUT2D eigenvalue weighted by Crippen LogP contribution is 2.21. The molecule has 0 radical (unpaired) electrons. The molecule has 0 N–H and O–H groups in total. The molecule has 0 amide bonds. The van der Waals surface area contributed by atoms with E-state index in [2.05, 4.69) is 6.58 Å². The van der Waals surface area contributed by atoms with Gasteiger partial charge >= 0.3 is 17.9 Å². The molecule has 1 aromatic rings. The van der Waals surface area contributed by atoms with Crippen molar-refractivity contribution in [3.05, 3.63) is 42.0 Å². The summed E-state index contributed by atoms with van der Waals surface area (Å²) in [4.78, 5) is 35.4. The fraction of sp³-hybridized carbons (Fsp3) is 0.450. The van der Waals surface area contributed by atoms with Crippen LogP contribution in [0.25, 0.3) is 0 Å². The van der Waals surface area contributed by atoms with Gasteiger partial charge in [0.25, 0.3) is 0 Å². The second-order valence-electron chi connectivity index (χ2n) is 6.39. The van der Waals surface area contributed by atoms with Crippen LogP contribution in [0.1, 0.15) is 44.1 Å². The summed E-state index contributed by atoms with van der Waals surface area (Å²) in [6.07, 6.45) is 4.63. The Morgan fingerprint density at radius 1 is 1.04 bits per heavy atom. The molecule has 6 nitrogen and oxygen atoms in total. The first kappa shape index (κ1) is 19.7. The number of carbonyl (C=O) groups is 3. The molecule has 0 saturated heterocycles. The highest BCUT2D eigenvalue weighted by atomic mass is 16.6. The van der Waals surface area contributed by atoms with Crippen molar-refractivity contribution in [2.24, 2.45) is 0 Å². The summed E-state index contributed by atoms with van der Waals surface area (Å²) < 4.78 is 15.2. The normalized spacial score (nSPS) is 14.3. The largest absolute Gasteiger partial charge is 0.462 e. The number of hydrogen-bond acceptors (Lipinski definition) is 6. The molecule has 1 fully saturated rings. The van der Waals surface area contributed by atoms with Crippen LogP contribution in [0.5, 0.6) is 5.75 Å². The van der Waals surface area contributed by atoms with Gasteiger partial charge < -0.3 is 14.2 Å². The maximum absolute atomic E-state index is 11.9. The molecule has 0 aliphatic heterocycles. The number of benzene rings is 1. The van der Waals surface area contributed by atoms with Crippen molar-refractivity contribution in [3.63, 3.8) is 0 Å². The lowest BCUT2D eigenvalue weighted by Crippen LogP contribution is -2.23. The number of carbonyl (C=O) groups excluding carboxylic acids is 3. The molecule has 1 aliphatic carbocycles. The van der Waals surface area contributed by atoms with Crippen molar-refractivity contribution in [1.82, 2.24) is 0 Å². The van der Waals surface area contributed by atoms with Gasteiger partial charge in [0, 0.05) is 5.57 Å². The van der Waals surface area contributed by atoms with Crippen molar-refractivity contribution in [3.8, 4) is 5.75 Å². The third-order valence-electron chi connectivity index (χ3n) is 4.07. The van der Waals surface area contributed by atoms with Gasteiger partial charge in [0.1, 0.15) is 11.9 Å². The summed E-state index contributed by atoms with van der Waals surface area (Å²) in [6, 6.07) is 6.90. The second-order valence-corrected chi connectivity index (χ2v) is 6.39. The molecule has 1 saturated carbocycles. The van der Waals surface area contributed by atoms with E-state index < -0.39 is 24.5 Å². The molecule has 140 valence electrons. The molecule has 6 heteroatoms. The van der Waals surface area contributed by atoms with Gasteiger partial charge in [-0.3, -0.25) is 4.79 Å². The minimum atomic E-state index is -0.813. The molecule has 0 bridgehead atoms. The van der Waals surface area contributed by atoms with E-state index in [0.29, 0.717) is 5.75 Å². The Kier molecular flexibility index (Phi) is 7.38. The zero-order valence-corrected chi connectivity index (χ0v) is 15.0. The fourth-order valence-corrected chi connectivity index (χ4v) is 2.65. The average molecular weight is 360 g/mol. The van der Waals surface area contributed by atoms with Gasteiger partial charge in [-0.15, -0.1) is 0 Å². The van der Waals surface area contributed by atoms with Gasteiger partial charge in [0.2, 0.25) is 0 Å². The maximum atomic E-state index is 11.9. The Hall–Kier alpha value is -2.63. The van der Waals surface area contributed by atoms with Gasteiger partial charge in [0.05, 0.1) is 6.42 Å². The van der Waals surface area contributed by atoms with Gasteiger partial charge in [-0.2, -0.15) is 0 Å². The minimum Gasteiger partial charge on any atom is -0.462 e. The van der Waals surface area contributed by atoms with Crippen molar-refractivity contribution >= 4 is 17.9 Å². The standard InChI is InChI=1S/C20H24O6/c1-14-8-10-17(11-9-14)26-19(22)13-24-20(23)15(2)12-18(21)25-16-6-4-3-5-7-16/h8-11,16H,2-7,12-13H2,1H3. The zero-order valence-electron chi connectivity index (χ0n) is 15.0. The van der Waals surface area contributed by atoms with E-state index in [1.807, 2.05) is 6.92 Å². The van der Waals surface area contributed by atoms with Gasteiger partial charge in [0.15, 0.2) is 6.61 Å². The van der Waals surface area contributed by atoms with E-state index >= 15 is 0 Å². The molecule has 0 aromatic heterocycles. The topological polar surface area (TPSA) is 78.9 Å². The predicted octanol–water partition coefficient (Wildman–Crippen LogP) is 3.27. The Labute approximate surface area is 153 Å². The summed E-state index contributed by atoms with van der Waals surface area (Å²) in [7, 11) is 0. The number of aryl methyl sites for hydroxylation is 1. The quantitative estimate of drug-likeness (QED) is 0.422. The lowest BCUT2D eigenvalue weighted by Gasteiger charge is -2.21. The first-order chi connectivity index (χ1) is 12.4. The smallest absolute Gasteiger partial charge is 0.349 e. The lowest BCUT2D eigenvalue weighted by molar-refractivity contribution is -0.153. The Morgan fingerprint density at radius 3 is 2.35 bits per heavy atom. The molecule has 0 spiro atoms. The van der Waals surface area contributed by atoms with Gasteiger partial charge in [-0.05, 0) is 44.7 Å². The molecule has 1 aromatic carbocycles. The average Bonchev–Trinajstić information content (AvgIpc) is 2.62. The van der Waals surface area contributed by atoms with Crippen LogP contribution in [0, 0.1) is 6.92 Å². The molecule has 0 heterocycles. The number of rotatable bonds is 7. The minimum absolute atomic E-state index is 0.0473. The monoisotopic (exact) mass is 360 g/mol. The van der Waals surface area contributed by atoms with Crippen LogP contribution in [0.4, 0.5) is 0 Å². The fourth-order valence-electron chi connectivity index (χ4n) is 2.65. The SMILES string of the molecule is C=C(CC(=O)OC1CCCCC1)C(=O)OCC(=O)Oc1ccc(C)cc1. The van der Waals surface area contributed by atoms with Crippen LogP contribution in [0.3, 0.4) is 0 Å². The molecular formula is C20H24O6. The molecule has 0 unspecified atom stereocenters. The summed E-state index contributed by atoms with van der Waals surface area (Å²) in [6.45, 7) is 4.89. The summed E-state index contributed by atoms with van der Waals surface area (Å²) in [5.74, 6) is -1.65. The van der Waals surface area contributed by atoms with E-state index in [1.54, 1.807) is 24.3 Å². The molecule has 2 rings (SSSR count). The summed E-state index contributed by atoms with van der Waals surface area (Å²) >= 11 is 0. The lowest BCUT2D eigenvalue weighted by atomic mass is 9.98. The van der Waals surface area contributed by atoms with Crippen LogP contribution < -0.4 is 4.74 Å². The third kappa shape index (κ3) is 6.70.